The molecule has 1 saturated heterocycles. The number of hydrogen-bond donors (Lipinski definition) is 1. The number of nitrogens with zero attached hydrogens (tertiary/aromatic N) is 2. The Kier molecular flexibility index (Phi) is 5.54. The highest BCUT2D eigenvalue weighted by Crippen LogP contribution is 2.26. The van der Waals surface area contributed by atoms with Gasteiger partial charge in [0.05, 0.1) is 5.71 Å². The van der Waals surface area contributed by atoms with Crippen molar-refractivity contribution in [3.63, 3.8) is 0 Å². The Balaban J connectivity index is 1.98. The van der Waals surface area contributed by atoms with Gasteiger partial charge in [0.25, 0.3) is 0 Å². The van der Waals surface area contributed by atoms with E-state index in [1.54, 1.807) is 6.20 Å². The van der Waals surface area contributed by atoms with Gasteiger partial charge in [-0.05, 0) is 56.4 Å². The summed E-state index contributed by atoms with van der Waals surface area (Å²) in [6.45, 7) is 10.4. The minimum absolute atomic E-state index is 0.950. The van der Waals surface area contributed by atoms with Crippen molar-refractivity contribution in [3.8, 4) is 0 Å². The van der Waals surface area contributed by atoms with Crippen molar-refractivity contribution >= 4 is 11.4 Å². The van der Waals surface area contributed by atoms with E-state index in [1.807, 2.05) is 0 Å². The van der Waals surface area contributed by atoms with Gasteiger partial charge in [0.2, 0.25) is 0 Å². The highest BCUT2D eigenvalue weighted by Gasteiger charge is 2.15. The highest BCUT2D eigenvalue weighted by atomic mass is 15.3. The molecule has 25 heavy (non-hydrogen) atoms. The zero-order chi connectivity index (χ0) is 17.6. The number of rotatable bonds is 5. The van der Waals surface area contributed by atoms with E-state index in [4.69, 9.17) is 0 Å². The molecule has 2 aromatic rings. The molecule has 3 rings (SSSR count). The fraction of sp³-hybridized carbons (Fsp3) is 0.318. The lowest BCUT2D eigenvalue weighted by Crippen LogP contribution is -2.30. The summed E-state index contributed by atoms with van der Waals surface area (Å²) >= 11 is 0. The second-order valence-electron chi connectivity index (χ2n) is 6.66. The largest absolute Gasteiger partial charge is 0.371 e. The van der Waals surface area contributed by atoms with Crippen LogP contribution in [0.5, 0.6) is 0 Å². The Morgan fingerprint density at radius 3 is 2.48 bits per heavy atom. The van der Waals surface area contributed by atoms with Crippen LogP contribution in [0, 0.1) is 13.8 Å². The summed E-state index contributed by atoms with van der Waals surface area (Å²) in [5, 5.41) is 4.56. The van der Waals surface area contributed by atoms with Crippen molar-refractivity contribution in [1.29, 1.82) is 0 Å². The van der Waals surface area contributed by atoms with E-state index < -0.39 is 0 Å². The maximum absolute atomic E-state index is 4.56. The predicted molar refractivity (Wildman–Crippen MR) is 107 cm³/mol. The molecule has 130 valence electrons. The number of anilines is 1. The molecule has 0 radical (unpaired) electrons. The molecule has 1 heterocycles. The van der Waals surface area contributed by atoms with Crippen molar-refractivity contribution in [2.24, 2.45) is 5.10 Å². The van der Waals surface area contributed by atoms with Crippen molar-refractivity contribution in [3.05, 3.63) is 77.5 Å². The normalized spacial score (nSPS) is 15.1. The third-order valence-corrected chi connectivity index (χ3v) is 4.83. The van der Waals surface area contributed by atoms with Gasteiger partial charge in [0.15, 0.2) is 0 Å². The monoisotopic (exact) mass is 333 g/mol. The molecule has 0 atom stereocenters. The van der Waals surface area contributed by atoms with Crippen molar-refractivity contribution in [2.45, 2.75) is 33.1 Å². The summed E-state index contributed by atoms with van der Waals surface area (Å²) in [6, 6.07) is 15.0. The first-order chi connectivity index (χ1) is 12.2. The number of aryl methyl sites for hydroxylation is 2. The lowest BCUT2D eigenvalue weighted by atomic mass is 9.96. The Labute approximate surface area is 151 Å². The molecule has 0 unspecified atom stereocenters. The fourth-order valence-electron chi connectivity index (χ4n) is 3.52. The molecule has 0 saturated carbocycles. The summed E-state index contributed by atoms with van der Waals surface area (Å²) in [7, 11) is 0. The molecule has 0 aliphatic carbocycles. The number of benzene rings is 2. The van der Waals surface area contributed by atoms with Gasteiger partial charge in [0.1, 0.15) is 0 Å². The quantitative estimate of drug-likeness (QED) is 0.630. The first-order valence-corrected chi connectivity index (χ1v) is 9.07. The van der Waals surface area contributed by atoms with Crippen LogP contribution in [0.1, 0.15) is 41.5 Å². The lowest BCUT2D eigenvalue weighted by molar-refractivity contribution is 0.577. The molecule has 0 amide bonds. The molecule has 3 nitrogen and oxygen atoms in total. The van der Waals surface area contributed by atoms with Gasteiger partial charge >= 0.3 is 0 Å². The van der Waals surface area contributed by atoms with Crippen LogP contribution >= 0.6 is 0 Å². The van der Waals surface area contributed by atoms with Crippen LogP contribution in [0.15, 0.2) is 60.3 Å². The van der Waals surface area contributed by atoms with E-state index in [0.717, 1.165) is 29.9 Å². The summed E-state index contributed by atoms with van der Waals surface area (Å²) in [5.41, 5.74) is 10.00. The molecule has 0 aromatic heterocycles. The summed E-state index contributed by atoms with van der Waals surface area (Å²) in [6.07, 6.45) is 5.54. The van der Waals surface area contributed by atoms with Crippen molar-refractivity contribution in [2.75, 3.05) is 18.0 Å². The first-order valence-electron chi connectivity index (χ1n) is 9.07. The molecule has 1 N–H and O–H groups in total. The topological polar surface area (TPSA) is 27.6 Å². The SMILES string of the molecule is C=CN/N=C(/c1ccc(N2CCCCC2)c(C)c1)c1ccccc1C. The third kappa shape index (κ3) is 3.93. The molecule has 1 aliphatic rings. The average molecular weight is 333 g/mol. The standard InChI is InChI=1S/C22H27N3/c1-4-23-24-22(20-11-7-6-10-17(20)2)19-12-13-21(18(3)16-19)25-14-8-5-9-15-25/h4,6-7,10-13,16,23H,1,5,8-9,14-15H2,2-3H3/b24-22-. The molecule has 0 spiro atoms. The van der Waals surface area contributed by atoms with Crippen LogP contribution in [-0.4, -0.2) is 18.8 Å². The van der Waals surface area contributed by atoms with Crippen molar-refractivity contribution in [1.82, 2.24) is 5.43 Å². The van der Waals surface area contributed by atoms with Crippen LogP contribution in [0.3, 0.4) is 0 Å². The Bertz CT molecular complexity index is 771. The van der Waals surface area contributed by atoms with Gasteiger partial charge in [-0.25, -0.2) is 0 Å². The number of hydrazone groups is 1. The summed E-state index contributed by atoms with van der Waals surface area (Å²) < 4.78 is 0. The molecule has 0 bridgehead atoms. The van der Waals surface area contributed by atoms with Crippen LogP contribution in [0.4, 0.5) is 5.69 Å². The fourth-order valence-corrected chi connectivity index (χ4v) is 3.52. The minimum Gasteiger partial charge on any atom is -0.371 e. The van der Waals surface area contributed by atoms with E-state index in [0.29, 0.717) is 0 Å². The van der Waals surface area contributed by atoms with E-state index in [9.17, 15) is 0 Å². The minimum atomic E-state index is 0.950. The van der Waals surface area contributed by atoms with Gasteiger partial charge in [-0.2, -0.15) is 5.10 Å². The Morgan fingerprint density at radius 2 is 1.80 bits per heavy atom. The number of nitrogens with one attached hydrogen (secondary N) is 1. The maximum atomic E-state index is 4.56. The molecule has 3 heteroatoms. The van der Waals surface area contributed by atoms with Gasteiger partial charge in [-0.15, -0.1) is 0 Å². The zero-order valence-electron chi connectivity index (χ0n) is 15.3. The van der Waals surface area contributed by atoms with E-state index in [2.05, 4.69) is 78.3 Å². The van der Waals surface area contributed by atoms with E-state index in [-0.39, 0.29) is 0 Å². The van der Waals surface area contributed by atoms with Gasteiger partial charge < -0.3 is 4.90 Å². The maximum Gasteiger partial charge on any atom is 0.0980 e. The van der Waals surface area contributed by atoms with Gasteiger partial charge in [-0.1, -0.05) is 36.9 Å². The molecular weight excluding hydrogens is 306 g/mol. The summed E-state index contributed by atoms with van der Waals surface area (Å²) in [4.78, 5) is 2.51. The average Bonchev–Trinajstić information content (AvgIpc) is 2.64. The number of piperidine rings is 1. The number of hydrogen-bond acceptors (Lipinski definition) is 3. The van der Waals surface area contributed by atoms with Gasteiger partial charge in [-0.3, -0.25) is 5.43 Å². The molecular formula is C22H27N3. The smallest absolute Gasteiger partial charge is 0.0980 e. The lowest BCUT2D eigenvalue weighted by Gasteiger charge is -2.30. The Hall–Kier alpha value is -2.55. The zero-order valence-corrected chi connectivity index (χ0v) is 15.3. The van der Waals surface area contributed by atoms with Crippen LogP contribution in [0.25, 0.3) is 0 Å². The summed E-state index contributed by atoms with van der Waals surface area (Å²) in [5.74, 6) is 0. The van der Waals surface area contributed by atoms with Crippen LogP contribution < -0.4 is 10.3 Å². The molecule has 1 fully saturated rings. The van der Waals surface area contributed by atoms with Gasteiger partial charge in [0, 0.05) is 36.1 Å². The van der Waals surface area contributed by atoms with E-state index >= 15 is 0 Å². The highest BCUT2D eigenvalue weighted by molar-refractivity contribution is 6.13. The third-order valence-electron chi connectivity index (χ3n) is 4.83. The van der Waals surface area contributed by atoms with Crippen LogP contribution in [-0.2, 0) is 0 Å². The molecule has 2 aromatic carbocycles. The second-order valence-corrected chi connectivity index (χ2v) is 6.66. The molecule has 1 aliphatic heterocycles. The Morgan fingerprint density at radius 1 is 1.04 bits per heavy atom. The second kappa shape index (κ2) is 8.02. The van der Waals surface area contributed by atoms with E-state index in [1.165, 1.54) is 36.1 Å². The van der Waals surface area contributed by atoms with Crippen molar-refractivity contribution < 1.29 is 0 Å². The first kappa shape index (κ1) is 17.3. The predicted octanol–water partition coefficient (Wildman–Crippen LogP) is 4.78. The van der Waals surface area contributed by atoms with Crippen LogP contribution in [0.2, 0.25) is 0 Å².